The SMILES string of the molecule is CNC(=O)C(=O)[C@H](CCC(C)(F)F)NC(=O)c1cc(Cl)cnc1NC(=O)C12CC(C(F)(F)F)(C1)C2. The maximum atomic E-state index is 13.3. The van der Waals surface area contributed by atoms with E-state index in [1.54, 1.807) is 0 Å². The maximum absolute atomic E-state index is 13.3. The number of carbonyl (C=O) groups is 4. The lowest BCUT2D eigenvalue weighted by molar-refractivity contribution is -0.349. The molecule has 3 saturated carbocycles. The molecule has 3 aliphatic rings. The van der Waals surface area contributed by atoms with E-state index in [4.69, 9.17) is 11.6 Å². The van der Waals surface area contributed by atoms with Crippen LogP contribution in [0.5, 0.6) is 0 Å². The Balaban J connectivity index is 1.77. The topological polar surface area (TPSA) is 117 Å². The van der Waals surface area contributed by atoms with E-state index in [0.717, 1.165) is 19.3 Å². The molecule has 1 heterocycles. The average molecular weight is 525 g/mol. The molecular weight excluding hydrogens is 503 g/mol. The molecule has 1 atom stereocenters. The van der Waals surface area contributed by atoms with Crippen LogP contribution in [0.3, 0.4) is 0 Å². The smallest absolute Gasteiger partial charge is 0.353 e. The van der Waals surface area contributed by atoms with E-state index in [2.05, 4.69) is 20.9 Å². The third-order valence-corrected chi connectivity index (χ3v) is 6.60. The Morgan fingerprint density at radius 1 is 1.14 bits per heavy atom. The zero-order chi connectivity index (χ0) is 26.4. The molecule has 1 aromatic heterocycles. The third-order valence-electron chi connectivity index (χ3n) is 6.39. The van der Waals surface area contributed by atoms with Crippen molar-refractivity contribution in [1.29, 1.82) is 0 Å². The molecule has 8 nitrogen and oxygen atoms in total. The summed E-state index contributed by atoms with van der Waals surface area (Å²) in [6.45, 7) is 0.610. The monoisotopic (exact) mass is 524 g/mol. The van der Waals surface area contributed by atoms with Gasteiger partial charge in [0.15, 0.2) is 0 Å². The molecule has 35 heavy (non-hydrogen) atoms. The van der Waals surface area contributed by atoms with Crippen molar-refractivity contribution < 1.29 is 41.1 Å². The van der Waals surface area contributed by atoms with Crippen LogP contribution in [0, 0.1) is 10.8 Å². The van der Waals surface area contributed by atoms with Gasteiger partial charge in [-0.05, 0) is 38.7 Å². The van der Waals surface area contributed by atoms with Gasteiger partial charge >= 0.3 is 6.18 Å². The molecule has 0 spiro atoms. The molecule has 0 aliphatic heterocycles. The number of hydrogen-bond acceptors (Lipinski definition) is 5. The summed E-state index contributed by atoms with van der Waals surface area (Å²) in [6.07, 6.45) is -5.85. The van der Waals surface area contributed by atoms with Gasteiger partial charge in [0.25, 0.3) is 11.8 Å². The van der Waals surface area contributed by atoms with Crippen molar-refractivity contribution in [3.05, 3.63) is 22.8 Å². The first-order chi connectivity index (χ1) is 16.0. The van der Waals surface area contributed by atoms with Crippen molar-refractivity contribution in [3.8, 4) is 0 Å². The second-order valence-corrected chi connectivity index (χ2v) is 9.61. The summed E-state index contributed by atoms with van der Waals surface area (Å²) in [4.78, 5) is 53.5. The number of alkyl halides is 5. The number of aromatic nitrogens is 1. The lowest BCUT2D eigenvalue weighted by Crippen LogP contribution is -2.71. The Kier molecular flexibility index (Phi) is 6.88. The lowest BCUT2D eigenvalue weighted by atomic mass is 9.34. The molecule has 2 bridgehead atoms. The van der Waals surface area contributed by atoms with Gasteiger partial charge in [-0.15, -0.1) is 0 Å². The van der Waals surface area contributed by atoms with Gasteiger partial charge in [-0.3, -0.25) is 19.2 Å². The Labute approximate surface area is 201 Å². The summed E-state index contributed by atoms with van der Waals surface area (Å²) in [5, 5.41) is 6.52. The van der Waals surface area contributed by atoms with E-state index in [-0.39, 0.29) is 35.7 Å². The Morgan fingerprint density at radius 3 is 2.26 bits per heavy atom. The number of likely N-dealkylation sites (N-methyl/N-ethyl adjacent to an activating group) is 1. The predicted octanol–water partition coefficient (Wildman–Crippen LogP) is 3.26. The van der Waals surface area contributed by atoms with E-state index < -0.39 is 65.3 Å². The summed E-state index contributed by atoms with van der Waals surface area (Å²) >= 11 is 5.88. The minimum atomic E-state index is -4.42. The maximum Gasteiger partial charge on any atom is 0.394 e. The largest absolute Gasteiger partial charge is 0.394 e. The zero-order valence-electron chi connectivity index (χ0n) is 18.6. The summed E-state index contributed by atoms with van der Waals surface area (Å²) in [6, 6.07) is -0.547. The van der Waals surface area contributed by atoms with Crippen LogP contribution in [0.25, 0.3) is 0 Å². The van der Waals surface area contributed by atoms with Crippen LogP contribution in [0.4, 0.5) is 27.8 Å². The molecule has 0 radical (unpaired) electrons. The standard InChI is InChI=1S/C21H22ClF5N4O4/c1-18(23,24)4-3-12(13(32)16(34)28-2)30-15(33)11-5-10(22)6-29-14(11)31-17(35)19-7-20(8-19,9-19)21(25,26)27/h5-6,12H,3-4,7-9H2,1-2H3,(H,28,34)(H,30,33)(H,29,31,35)/t12-,19?,20?/m0/s1. The zero-order valence-corrected chi connectivity index (χ0v) is 19.4. The Bertz CT molecular complexity index is 1050. The second-order valence-electron chi connectivity index (χ2n) is 9.17. The van der Waals surface area contributed by atoms with Crippen molar-refractivity contribution in [2.45, 2.75) is 57.2 Å². The summed E-state index contributed by atoms with van der Waals surface area (Å²) < 4.78 is 65.9. The van der Waals surface area contributed by atoms with E-state index in [0.29, 0.717) is 6.92 Å². The van der Waals surface area contributed by atoms with Gasteiger partial charge < -0.3 is 16.0 Å². The average Bonchev–Trinajstić information content (AvgIpc) is 2.67. The van der Waals surface area contributed by atoms with Crippen LogP contribution in [-0.2, 0) is 14.4 Å². The third kappa shape index (κ3) is 5.24. The molecule has 1 aromatic rings. The fourth-order valence-electron chi connectivity index (χ4n) is 4.47. The summed E-state index contributed by atoms with van der Waals surface area (Å²) in [5.41, 5.74) is -3.46. The van der Waals surface area contributed by atoms with Crippen molar-refractivity contribution in [3.63, 3.8) is 0 Å². The van der Waals surface area contributed by atoms with Gasteiger partial charge in [0.2, 0.25) is 17.6 Å². The van der Waals surface area contributed by atoms with E-state index >= 15 is 0 Å². The molecule has 3 aliphatic carbocycles. The highest BCUT2D eigenvalue weighted by atomic mass is 35.5. The summed E-state index contributed by atoms with van der Waals surface area (Å²) in [7, 11) is 1.15. The van der Waals surface area contributed by atoms with Crippen molar-refractivity contribution >= 4 is 40.9 Å². The minimum Gasteiger partial charge on any atom is -0.353 e. The number of halogens is 6. The molecule has 0 unspecified atom stereocenters. The molecule has 4 rings (SSSR count). The number of rotatable bonds is 9. The number of hydrogen-bond donors (Lipinski definition) is 3. The molecular formula is C21H22ClF5N4O4. The fraction of sp³-hybridized carbons (Fsp3) is 0.571. The van der Waals surface area contributed by atoms with Crippen LogP contribution in [-0.4, -0.2) is 53.7 Å². The number of carbonyl (C=O) groups excluding carboxylic acids is 4. The predicted molar refractivity (Wildman–Crippen MR) is 113 cm³/mol. The fourth-order valence-corrected chi connectivity index (χ4v) is 4.62. The Morgan fingerprint density at radius 2 is 1.74 bits per heavy atom. The van der Waals surface area contributed by atoms with Crippen molar-refractivity contribution in [2.24, 2.45) is 10.8 Å². The van der Waals surface area contributed by atoms with E-state index in [9.17, 15) is 41.1 Å². The van der Waals surface area contributed by atoms with Crippen LogP contribution in [0.1, 0.15) is 49.4 Å². The van der Waals surface area contributed by atoms with E-state index in [1.165, 1.54) is 0 Å². The lowest BCUT2D eigenvalue weighted by Gasteiger charge is -2.68. The van der Waals surface area contributed by atoms with Gasteiger partial charge in [0.05, 0.1) is 27.5 Å². The molecule has 3 amide bonds. The first-order valence-corrected chi connectivity index (χ1v) is 10.9. The molecule has 14 heteroatoms. The normalized spacial score (nSPS) is 23.9. The van der Waals surface area contributed by atoms with Gasteiger partial charge in [-0.2, -0.15) is 13.2 Å². The molecule has 0 saturated heterocycles. The number of anilines is 1. The van der Waals surface area contributed by atoms with Gasteiger partial charge in [-0.1, -0.05) is 11.6 Å². The Hall–Kier alpha value is -2.83. The van der Waals surface area contributed by atoms with E-state index in [1.807, 2.05) is 0 Å². The molecule has 192 valence electrons. The summed E-state index contributed by atoms with van der Waals surface area (Å²) in [5.74, 6) is -7.61. The number of nitrogens with one attached hydrogen (secondary N) is 3. The number of pyridine rings is 1. The molecule has 3 N–H and O–H groups in total. The van der Waals surface area contributed by atoms with Crippen molar-refractivity contribution in [1.82, 2.24) is 15.6 Å². The first kappa shape index (κ1) is 26.8. The highest BCUT2D eigenvalue weighted by molar-refractivity contribution is 6.38. The van der Waals surface area contributed by atoms with Gasteiger partial charge in [0, 0.05) is 19.7 Å². The van der Waals surface area contributed by atoms with Crippen LogP contribution >= 0.6 is 11.6 Å². The first-order valence-electron chi connectivity index (χ1n) is 10.5. The van der Waals surface area contributed by atoms with Crippen LogP contribution < -0.4 is 16.0 Å². The molecule has 0 aromatic carbocycles. The van der Waals surface area contributed by atoms with Gasteiger partial charge in [-0.25, -0.2) is 13.8 Å². The van der Waals surface area contributed by atoms with Gasteiger partial charge in [0.1, 0.15) is 5.82 Å². The number of nitrogens with zero attached hydrogens (tertiary/aromatic N) is 1. The molecule has 3 fully saturated rings. The van der Waals surface area contributed by atoms with Crippen LogP contribution in [0.2, 0.25) is 5.02 Å². The minimum absolute atomic E-state index is 0.0519. The number of ketones is 1. The highest BCUT2D eigenvalue weighted by Gasteiger charge is 2.80. The number of Topliss-reactive ketones (excluding diaryl/α,β-unsaturated/α-hetero) is 1. The second kappa shape index (κ2) is 8.99. The number of amides is 3. The van der Waals surface area contributed by atoms with Crippen molar-refractivity contribution in [2.75, 3.05) is 12.4 Å². The highest BCUT2D eigenvalue weighted by Crippen LogP contribution is 2.78. The quantitative estimate of drug-likeness (QED) is 0.339. The van der Waals surface area contributed by atoms with Crippen LogP contribution in [0.15, 0.2) is 12.3 Å².